The predicted molar refractivity (Wildman–Crippen MR) is 95.3 cm³/mol. The highest BCUT2D eigenvalue weighted by Gasteiger charge is 2.26. The third-order valence-corrected chi connectivity index (χ3v) is 3.78. The normalized spacial score (nSPS) is 16.7. The Balaban J connectivity index is 0. The molecule has 9 heteroatoms. The van der Waals surface area contributed by atoms with Crippen molar-refractivity contribution in [1.29, 1.82) is 0 Å². The average molecular weight is 373 g/mol. The quantitative estimate of drug-likeness (QED) is 0.588. The van der Waals surface area contributed by atoms with Crippen molar-refractivity contribution in [2.24, 2.45) is 5.73 Å². The van der Waals surface area contributed by atoms with Gasteiger partial charge in [0.05, 0.1) is 25.8 Å². The molecule has 1 unspecified atom stereocenters. The van der Waals surface area contributed by atoms with Crippen molar-refractivity contribution in [3.8, 4) is 0 Å². The Morgan fingerprint density at radius 1 is 1.30 bits per heavy atom. The Labute approximate surface area is 151 Å². The fraction of sp³-hybridized carbons (Fsp3) is 0.857. The number of halogens is 2. The van der Waals surface area contributed by atoms with Gasteiger partial charge >= 0.3 is 0 Å². The molecule has 1 heterocycles. The Morgan fingerprint density at radius 2 is 1.96 bits per heavy atom. The molecule has 3 N–H and O–H groups in total. The molecule has 0 aromatic carbocycles. The van der Waals surface area contributed by atoms with Crippen LogP contribution in [0.1, 0.15) is 20.3 Å². The first-order chi connectivity index (χ1) is 10.1. The van der Waals surface area contributed by atoms with E-state index in [-0.39, 0.29) is 55.8 Å². The van der Waals surface area contributed by atoms with Crippen molar-refractivity contribution in [3.63, 3.8) is 0 Å². The minimum Gasteiger partial charge on any atom is -0.375 e. The molecule has 1 aliphatic heterocycles. The molecule has 0 aromatic heterocycles. The van der Waals surface area contributed by atoms with Crippen molar-refractivity contribution >= 4 is 36.6 Å². The fourth-order valence-corrected chi connectivity index (χ4v) is 2.34. The summed E-state index contributed by atoms with van der Waals surface area (Å²) in [7, 11) is 0. The topological polar surface area (TPSA) is 87.9 Å². The third kappa shape index (κ3) is 9.32. The van der Waals surface area contributed by atoms with Gasteiger partial charge in [0.1, 0.15) is 0 Å². The van der Waals surface area contributed by atoms with Crippen LogP contribution >= 0.6 is 24.8 Å². The number of ether oxygens (including phenoxy) is 1. The number of nitrogens with zero attached hydrogens (tertiary/aromatic N) is 2. The molecule has 7 nitrogen and oxygen atoms in total. The first-order valence-corrected chi connectivity index (χ1v) is 7.69. The van der Waals surface area contributed by atoms with Gasteiger partial charge in [-0.15, -0.1) is 24.8 Å². The minimum atomic E-state index is -0.311. The molecule has 0 saturated carbocycles. The molecule has 1 rings (SSSR count). The van der Waals surface area contributed by atoms with E-state index in [1.54, 1.807) is 4.90 Å². The second-order valence-corrected chi connectivity index (χ2v) is 5.13. The lowest BCUT2D eigenvalue weighted by Crippen LogP contribution is -2.41. The lowest BCUT2D eigenvalue weighted by atomic mass is 10.3. The highest BCUT2D eigenvalue weighted by atomic mass is 35.5. The van der Waals surface area contributed by atoms with Gasteiger partial charge in [-0.1, -0.05) is 13.8 Å². The Bertz CT molecular complexity index is 344. The average Bonchev–Trinajstić information content (AvgIpc) is 2.97. The van der Waals surface area contributed by atoms with Crippen LogP contribution in [-0.2, 0) is 14.3 Å². The maximum absolute atomic E-state index is 11.9. The van der Waals surface area contributed by atoms with Crippen molar-refractivity contribution in [2.75, 3.05) is 52.4 Å². The number of hydrogen-bond donors (Lipinski definition) is 2. The van der Waals surface area contributed by atoms with Crippen LogP contribution < -0.4 is 11.1 Å². The molecule has 1 aliphatic rings. The van der Waals surface area contributed by atoms with Crippen LogP contribution in [-0.4, -0.2) is 80.1 Å². The van der Waals surface area contributed by atoms with Gasteiger partial charge in [-0.05, 0) is 19.5 Å². The number of carbonyl (C=O) groups excluding carboxylic acids is 2. The Kier molecular flexibility index (Phi) is 14.8. The van der Waals surface area contributed by atoms with E-state index in [1.807, 2.05) is 0 Å². The largest absolute Gasteiger partial charge is 0.375 e. The monoisotopic (exact) mass is 372 g/mol. The van der Waals surface area contributed by atoms with Gasteiger partial charge in [0.25, 0.3) is 0 Å². The summed E-state index contributed by atoms with van der Waals surface area (Å²) in [6.45, 7) is 9.15. The van der Waals surface area contributed by atoms with E-state index in [9.17, 15) is 9.59 Å². The van der Waals surface area contributed by atoms with Crippen LogP contribution in [0, 0.1) is 0 Å². The molecule has 0 aromatic rings. The minimum absolute atomic E-state index is 0. The van der Waals surface area contributed by atoms with E-state index in [2.05, 4.69) is 24.1 Å². The summed E-state index contributed by atoms with van der Waals surface area (Å²) in [4.78, 5) is 27.0. The molecule has 0 radical (unpaired) electrons. The van der Waals surface area contributed by atoms with E-state index >= 15 is 0 Å². The molecule has 1 saturated heterocycles. The number of nitrogens with two attached hydrogens (primary N) is 1. The SMILES string of the molecule is CCN(CC)CCOC1CCN(C(=O)CNC(=O)CN)C1.Cl.Cl. The first-order valence-electron chi connectivity index (χ1n) is 7.69. The summed E-state index contributed by atoms with van der Waals surface area (Å²) in [6.07, 6.45) is 0.962. The molecule has 0 bridgehead atoms. The van der Waals surface area contributed by atoms with Crippen molar-refractivity contribution in [1.82, 2.24) is 15.1 Å². The summed E-state index contributed by atoms with van der Waals surface area (Å²) >= 11 is 0. The maximum atomic E-state index is 11.9. The van der Waals surface area contributed by atoms with Crippen molar-refractivity contribution in [2.45, 2.75) is 26.4 Å². The fourth-order valence-electron chi connectivity index (χ4n) is 2.34. The lowest BCUT2D eigenvalue weighted by molar-refractivity contribution is -0.132. The zero-order valence-corrected chi connectivity index (χ0v) is 15.6. The molecule has 138 valence electrons. The molecule has 0 aliphatic carbocycles. The predicted octanol–water partition coefficient (Wildman–Crippen LogP) is -0.136. The van der Waals surface area contributed by atoms with Crippen LogP contribution in [0.2, 0.25) is 0 Å². The zero-order chi connectivity index (χ0) is 15.7. The van der Waals surface area contributed by atoms with E-state index in [1.165, 1.54) is 0 Å². The number of likely N-dealkylation sites (N-methyl/N-ethyl adjacent to an activating group) is 1. The van der Waals surface area contributed by atoms with E-state index in [0.717, 1.165) is 26.1 Å². The number of hydrogen-bond acceptors (Lipinski definition) is 5. The smallest absolute Gasteiger partial charge is 0.242 e. The third-order valence-electron chi connectivity index (χ3n) is 3.78. The first kappa shape index (κ1) is 24.6. The van der Waals surface area contributed by atoms with Crippen molar-refractivity contribution < 1.29 is 14.3 Å². The van der Waals surface area contributed by atoms with E-state index in [4.69, 9.17) is 10.5 Å². The molecule has 1 atom stereocenters. The molecular weight excluding hydrogens is 343 g/mol. The maximum Gasteiger partial charge on any atom is 0.242 e. The van der Waals surface area contributed by atoms with Crippen LogP contribution in [0.4, 0.5) is 0 Å². The van der Waals surface area contributed by atoms with Crippen LogP contribution in [0.15, 0.2) is 0 Å². The van der Waals surface area contributed by atoms with Gasteiger partial charge in [0.15, 0.2) is 0 Å². The zero-order valence-electron chi connectivity index (χ0n) is 14.0. The summed E-state index contributed by atoms with van der Waals surface area (Å²) < 4.78 is 5.82. The number of nitrogens with one attached hydrogen (secondary N) is 1. The van der Waals surface area contributed by atoms with Crippen LogP contribution in [0.3, 0.4) is 0 Å². The molecule has 2 amide bonds. The van der Waals surface area contributed by atoms with E-state index < -0.39 is 0 Å². The molecular formula is C14H30Cl2N4O3. The molecule has 0 spiro atoms. The van der Waals surface area contributed by atoms with Crippen LogP contribution in [0.25, 0.3) is 0 Å². The number of carbonyl (C=O) groups is 2. The lowest BCUT2D eigenvalue weighted by Gasteiger charge is -2.20. The van der Waals surface area contributed by atoms with Crippen molar-refractivity contribution in [3.05, 3.63) is 0 Å². The molecule has 23 heavy (non-hydrogen) atoms. The number of rotatable bonds is 9. The van der Waals surface area contributed by atoms with Gasteiger partial charge in [0, 0.05) is 19.6 Å². The highest BCUT2D eigenvalue weighted by molar-refractivity contribution is 5.86. The van der Waals surface area contributed by atoms with Gasteiger partial charge in [-0.3, -0.25) is 9.59 Å². The Hall–Kier alpha value is -0.600. The molecule has 1 fully saturated rings. The van der Waals surface area contributed by atoms with Gasteiger partial charge in [-0.25, -0.2) is 0 Å². The van der Waals surface area contributed by atoms with E-state index in [0.29, 0.717) is 19.7 Å². The Morgan fingerprint density at radius 3 is 2.52 bits per heavy atom. The second-order valence-electron chi connectivity index (χ2n) is 5.13. The van der Waals surface area contributed by atoms with Gasteiger partial charge in [0.2, 0.25) is 11.8 Å². The summed E-state index contributed by atoms with van der Waals surface area (Å²) in [5.41, 5.74) is 5.17. The summed E-state index contributed by atoms with van der Waals surface area (Å²) in [5.74, 6) is -0.388. The highest BCUT2D eigenvalue weighted by Crippen LogP contribution is 2.12. The van der Waals surface area contributed by atoms with Crippen LogP contribution in [0.5, 0.6) is 0 Å². The standard InChI is InChI=1S/C14H28N4O3.2ClH/c1-3-17(4-2)7-8-21-12-5-6-18(11-12)14(20)10-16-13(19)9-15;;/h12H,3-11,15H2,1-2H3,(H,16,19);2*1H. The number of amides is 2. The van der Waals surface area contributed by atoms with Gasteiger partial charge < -0.3 is 25.6 Å². The summed E-state index contributed by atoms with van der Waals surface area (Å²) in [5, 5.41) is 2.49. The van der Waals surface area contributed by atoms with Gasteiger partial charge in [-0.2, -0.15) is 0 Å². The second kappa shape index (κ2) is 13.8. The summed E-state index contributed by atoms with van der Waals surface area (Å²) in [6, 6.07) is 0. The number of likely N-dealkylation sites (tertiary alicyclic amines) is 1.